The van der Waals surface area contributed by atoms with Crippen LogP contribution in [0.25, 0.3) is 11.3 Å². The number of carbonyl (C=O) groups is 2. The number of rotatable bonds is 12. The predicted molar refractivity (Wildman–Crippen MR) is 136 cm³/mol. The van der Waals surface area contributed by atoms with E-state index in [0.29, 0.717) is 6.54 Å². The highest BCUT2D eigenvalue weighted by atomic mass is 32.2. The van der Waals surface area contributed by atoms with Gasteiger partial charge in [-0.05, 0) is 62.1 Å². The van der Waals surface area contributed by atoms with E-state index in [-0.39, 0.29) is 29.1 Å². The van der Waals surface area contributed by atoms with Crippen LogP contribution in [0.15, 0.2) is 54.6 Å². The van der Waals surface area contributed by atoms with Crippen LogP contribution in [0.4, 0.5) is 10.1 Å². The van der Waals surface area contributed by atoms with E-state index >= 15 is 0 Å². The van der Waals surface area contributed by atoms with Gasteiger partial charge in [-0.15, -0.1) is 11.8 Å². The number of aryl methyl sites for hydroxylation is 2. The summed E-state index contributed by atoms with van der Waals surface area (Å²) in [5.74, 6) is 0.182. The molecule has 0 spiro atoms. The molecule has 0 aliphatic heterocycles. The van der Waals surface area contributed by atoms with Crippen molar-refractivity contribution in [3.05, 3.63) is 71.7 Å². The van der Waals surface area contributed by atoms with Crippen molar-refractivity contribution < 1.29 is 14.0 Å². The first-order valence-corrected chi connectivity index (χ1v) is 12.5. The molecule has 2 N–H and O–H groups in total. The number of nitrogens with zero attached hydrogens (tertiary/aromatic N) is 2. The third kappa shape index (κ3) is 8.33. The fourth-order valence-electron chi connectivity index (χ4n) is 3.51. The van der Waals surface area contributed by atoms with Gasteiger partial charge in [-0.1, -0.05) is 30.7 Å². The van der Waals surface area contributed by atoms with Crippen LogP contribution >= 0.6 is 11.8 Å². The second-order valence-corrected chi connectivity index (χ2v) is 9.31. The molecule has 180 valence electrons. The van der Waals surface area contributed by atoms with E-state index in [9.17, 15) is 14.0 Å². The largest absolute Gasteiger partial charge is 0.345 e. The van der Waals surface area contributed by atoms with Gasteiger partial charge in [-0.3, -0.25) is 14.7 Å². The molecule has 0 bridgehead atoms. The Morgan fingerprint density at radius 3 is 2.68 bits per heavy atom. The Morgan fingerprint density at radius 1 is 1.06 bits per heavy atom. The Hall–Kier alpha value is -3.13. The van der Waals surface area contributed by atoms with Crippen molar-refractivity contribution in [1.29, 1.82) is 0 Å². The number of halogens is 1. The summed E-state index contributed by atoms with van der Waals surface area (Å²) in [5.41, 5.74) is 4.37. The summed E-state index contributed by atoms with van der Waals surface area (Å²) >= 11 is 1.33. The summed E-state index contributed by atoms with van der Waals surface area (Å²) < 4.78 is 13.4. The number of hydrogen-bond acceptors (Lipinski definition) is 4. The highest BCUT2D eigenvalue weighted by molar-refractivity contribution is 8.00. The van der Waals surface area contributed by atoms with E-state index < -0.39 is 0 Å². The van der Waals surface area contributed by atoms with Crippen molar-refractivity contribution in [2.75, 3.05) is 30.4 Å². The number of benzene rings is 2. The van der Waals surface area contributed by atoms with Crippen molar-refractivity contribution in [3.8, 4) is 11.3 Å². The summed E-state index contributed by atoms with van der Waals surface area (Å²) in [6.07, 6.45) is 3.72. The third-order valence-corrected chi connectivity index (χ3v) is 6.29. The predicted octanol–water partition coefficient (Wildman–Crippen LogP) is 5.07. The first-order valence-electron chi connectivity index (χ1n) is 11.4. The lowest BCUT2D eigenvalue weighted by Crippen LogP contribution is -2.29. The zero-order valence-electron chi connectivity index (χ0n) is 19.6. The van der Waals surface area contributed by atoms with Gasteiger partial charge in [-0.2, -0.15) is 5.10 Å². The molecule has 0 aliphatic rings. The van der Waals surface area contributed by atoms with Gasteiger partial charge in [0, 0.05) is 30.5 Å². The van der Waals surface area contributed by atoms with Gasteiger partial charge in [-0.25, -0.2) is 4.39 Å². The van der Waals surface area contributed by atoms with E-state index in [1.807, 2.05) is 43.3 Å². The number of anilines is 1. The van der Waals surface area contributed by atoms with Gasteiger partial charge >= 0.3 is 0 Å². The molecule has 0 fully saturated rings. The fraction of sp³-hybridized carbons (Fsp3) is 0.346. The van der Waals surface area contributed by atoms with Crippen LogP contribution in [0.1, 0.15) is 30.5 Å². The van der Waals surface area contributed by atoms with Crippen molar-refractivity contribution in [2.24, 2.45) is 0 Å². The average Bonchev–Trinajstić information content (AvgIpc) is 3.27. The molecule has 1 heterocycles. The lowest BCUT2D eigenvalue weighted by molar-refractivity contribution is -0.127. The van der Waals surface area contributed by atoms with Gasteiger partial charge in [0.05, 0.1) is 17.2 Å². The second-order valence-electron chi connectivity index (χ2n) is 8.33. The molecule has 0 aliphatic carbocycles. The van der Waals surface area contributed by atoms with E-state index in [2.05, 4.69) is 15.5 Å². The quantitative estimate of drug-likeness (QED) is 0.354. The molecule has 3 aromatic rings. The number of nitrogens with one attached hydrogen (secondary N) is 2. The van der Waals surface area contributed by atoms with Crippen molar-refractivity contribution >= 4 is 29.3 Å². The molecule has 0 unspecified atom stereocenters. The maximum Gasteiger partial charge on any atom is 0.234 e. The molecule has 0 radical (unpaired) electrons. The highest BCUT2D eigenvalue weighted by Crippen LogP contribution is 2.19. The minimum atomic E-state index is -0.273. The Labute approximate surface area is 204 Å². The fourth-order valence-corrected chi connectivity index (χ4v) is 4.27. The highest BCUT2D eigenvalue weighted by Gasteiger charge is 2.11. The number of aromatic amines is 1. The monoisotopic (exact) mass is 482 g/mol. The molecule has 8 heteroatoms. The minimum absolute atomic E-state index is 0.0293. The van der Waals surface area contributed by atoms with Gasteiger partial charge in [0.2, 0.25) is 11.8 Å². The van der Waals surface area contributed by atoms with Crippen LogP contribution in [-0.4, -0.2) is 52.0 Å². The maximum absolute atomic E-state index is 13.4. The minimum Gasteiger partial charge on any atom is -0.345 e. The second kappa shape index (κ2) is 12.9. The number of carbonyl (C=O) groups excluding carboxylic acids is 2. The summed E-state index contributed by atoms with van der Waals surface area (Å²) in [6.45, 7) is 2.66. The number of H-pyrrole nitrogens is 1. The zero-order valence-corrected chi connectivity index (χ0v) is 20.5. The summed E-state index contributed by atoms with van der Waals surface area (Å²) in [7, 11) is 1.80. The van der Waals surface area contributed by atoms with Gasteiger partial charge < -0.3 is 10.2 Å². The zero-order chi connectivity index (χ0) is 24.3. The lowest BCUT2D eigenvalue weighted by atomic mass is 10.1. The molecule has 0 saturated carbocycles. The summed E-state index contributed by atoms with van der Waals surface area (Å²) in [4.78, 5) is 26.1. The molecular weight excluding hydrogens is 451 g/mol. The van der Waals surface area contributed by atoms with E-state index in [4.69, 9.17) is 0 Å². The number of aromatic nitrogens is 2. The molecule has 2 aromatic carbocycles. The SMILES string of the molecule is Cc1cccc(NC(=O)CSCC(=O)N(C)CCCCCc2cc(-c3cccc(F)c3)n[nH]2)c1. The van der Waals surface area contributed by atoms with Crippen LogP contribution in [-0.2, 0) is 16.0 Å². The first kappa shape index (κ1) is 25.5. The standard InChI is InChI=1S/C26H31FN4O2S/c1-19-8-6-12-22(14-19)28-25(32)17-34-18-26(33)31(2)13-5-3-4-11-23-16-24(30-29-23)20-9-7-10-21(27)15-20/h6-10,12,14-16H,3-5,11,13,17-18H2,1-2H3,(H,28,32)(H,29,30). The average molecular weight is 483 g/mol. The molecule has 6 nitrogen and oxygen atoms in total. The molecule has 3 rings (SSSR count). The Morgan fingerprint density at radius 2 is 1.88 bits per heavy atom. The van der Waals surface area contributed by atoms with Crippen molar-refractivity contribution in [2.45, 2.75) is 32.6 Å². The van der Waals surface area contributed by atoms with Crippen molar-refractivity contribution in [3.63, 3.8) is 0 Å². The lowest BCUT2D eigenvalue weighted by Gasteiger charge is -2.16. The molecule has 0 atom stereocenters. The Kier molecular flexibility index (Phi) is 9.70. The van der Waals surface area contributed by atoms with Crippen molar-refractivity contribution in [1.82, 2.24) is 15.1 Å². The van der Waals surface area contributed by atoms with E-state index in [1.54, 1.807) is 18.0 Å². The number of thioether (sulfide) groups is 1. The maximum atomic E-state index is 13.4. The van der Waals surface area contributed by atoms with Crippen LogP contribution in [0, 0.1) is 12.7 Å². The number of hydrogen-bond donors (Lipinski definition) is 2. The Balaban J connectivity index is 1.27. The molecule has 0 saturated heterocycles. The van der Waals surface area contributed by atoms with Gasteiger partial charge in [0.25, 0.3) is 0 Å². The van der Waals surface area contributed by atoms with E-state index in [0.717, 1.165) is 53.9 Å². The summed E-state index contributed by atoms with van der Waals surface area (Å²) in [5, 5.41) is 10.1. The van der Waals surface area contributed by atoms with Crippen LogP contribution in [0.3, 0.4) is 0 Å². The van der Waals surface area contributed by atoms with Crippen LogP contribution < -0.4 is 5.32 Å². The topological polar surface area (TPSA) is 78.1 Å². The summed E-state index contributed by atoms with van der Waals surface area (Å²) in [6, 6.07) is 16.0. The normalized spacial score (nSPS) is 10.8. The Bertz CT molecular complexity index is 1100. The van der Waals surface area contributed by atoms with Gasteiger partial charge in [0.15, 0.2) is 0 Å². The molecule has 2 amide bonds. The smallest absolute Gasteiger partial charge is 0.234 e. The number of unbranched alkanes of at least 4 members (excludes halogenated alkanes) is 2. The molecule has 34 heavy (non-hydrogen) atoms. The van der Waals surface area contributed by atoms with Crippen LogP contribution in [0.2, 0.25) is 0 Å². The van der Waals surface area contributed by atoms with Gasteiger partial charge in [0.1, 0.15) is 5.82 Å². The first-order chi connectivity index (χ1) is 16.4. The number of amides is 2. The molecule has 1 aromatic heterocycles. The molecular formula is C26H31FN4O2S. The third-order valence-electron chi connectivity index (χ3n) is 5.38. The van der Waals surface area contributed by atoms with Crippen LogP contribution in [0.5, 0.6) is 0 Å². The van der Waals surface area contributed by atoms with E-state index in [1.165, 1.54) is 23.9 Å².